The van der Waals surface area contributed by atoms with Crippen molar-refractivity contribution in [2.75, 3.05) is 6.61 Å². The molecular formula is C49H87NO5. The van der Waals surface area contributed by atoms with Gasteiger partial charge in [-0.1, -0.05) is 197 Å². The van der Waals surface area contributed by atoms with Crippen LogP contribution >= 0.6 is 0 Å². The molecule has 3 N–H and O–H groups in total. The molecule has 0 heterocycles. The Kier molecular flexibility index (Phi) is 40.8. The number of rotatable bonds is 40. The highest BCUT2D eigenvalue weighted by molar-refractivity contribution is 5.77. The van der Waals surface area contributed by atoms with Crippen LogP contribution in [0.3, 0.4) is 0 Å². The number of carbonyl (C=O) groups excluding carboxylic acids is 2. The first kappa shape index (κ1) is 52.6. The molecule has 0 aromatic rings. The Balaban J connectivity index is 4.58. The zero-order valence-electron chi connectivity index (χ0n) is 36.0. The molecule has 0 fully saturated rings. The first-order valence-corrected chi connectivity index (χ1v) is 23.1. The number of allylic oxidation sites excluding steroid dienone is 10. The third-order valence-corrected chi connectivity index (χ3v) is 10.2. The highest BCUT2D eigenvalue weighted by Crippen LogP contribution is 2.17. The highest BCUT2D eigenvalue weighted by atomic mass is 16.5. The summed E-state index contributed by atoms with van der Waals surface area (Å²) in [5.74, 6) is -0.542. The molecule has 0 aliphatic carbocycles. The van der Waals surface area contributed by atoms with Crippen molar-refractivity contribution in [3.63, 3.8) is 0 Å². The summed E-state index contributed by atoms with van der Waals surface area (Å²) in [4.78, 5) is 25.9. The summed E-state index contributed by atoms with van der Waals surface area (Å²) in [6.45, 7) is 6.27. The van der Waals surface area contributed by atoms with Gasteiger partial charge >= 0.3 is 5.97 Å². The summed E-state index contributed by atoms with van der Waals surface area (Å²) in [6, 6.07) is -0.714. The fraction of sp³-hybridized carbons (Fsp3) is 0.755. The van der Waals surface area contributed by atoms with E-state index >= 15 is 0 Å². The average molecular weight is 770 g/mol. The zero-order valence-corrected chi connectivity index (χ0v) is 36.0. The number of hydrogen-bond acceptors (Lipinski definition) is 5. The van der Waals surface area contributed by atoms with Crippen LogP contribution in [0.5, 0.6) is 0 Å². The minimum Gasteiger partial charge on any atom is -0.462 e. The maximum Gasteiger partial charge on any atom is 0.306 e. The number of hydrogen-bond donors (Lipinski definition) is 3. The van der Waals surface area contributed by atoms with Gasteiger partial charge in [-0.2, -0.15) is 0 Å². The van der Waals surface area contributed by atoms with Crippen molar-refractivity contribution in [1.82, 2.24) is 5.32 Å². The lowest BCUT2D eigenvalue weighted by Crippen LogP contribution is -2.46. The lowest BCUT2D eigenvalue weighted by molar-refractivity contribution is -0.151. The molecule has 3 atom stereocenters. The Labute approximate surface area is 339 Å². The zero-order chi connectivity index (χ0) is 40.3. The second-order valence-corrected chi connectivity index (χ2v) is 15.5. The molecule has 318 valence electrons. The summed E-state index contributed by atoms with van der Waals surface area (Å²) in [6.07, 6.45) is 51.4. The maximum atomic E-state index is 13.1. The molecule has 55 heavy (non-hydrogen) atoms. The van der Waals surface area contributed by atoms with Crippen LogP contribution in [0.2, 0.25) is 0 Å². The van der Waals surface area contributed by atoms with Crippen molar-refractivity contribution in [1.29, 1.82) is 0 Å². The number of nitrogens with one attached hydrogen (secondary N) is 1. The van der Waals surface area contributed by atoms with Gasteiger partial charge in [0.1, 0.15) is 6.10 Å². The topological polar surface area (TPSA) is 95.9 Å². The summed E-state index contributed by atoms with van der Waals surface area (Å²) in [5.41, 5.74) is 0. The van der Waals surface area contributed by atoms with Crippen LogP contribution in [0.15, 0.2) is 60.8 Å². The monoisotopic (exact) mass is 770 g/mol. The maximum absolute atomic E-state index is 13.1. The van der Waals surface area contributed by atoms with Crippen molar-refractivity contribution in [3.8, 4) is 0 Å². The molecule has 0 aromatic heterocycles. The first-order valence-electron chi connectivity index (χ1n) is 23.1. The predicted molar refractivity (Wildman–Crippen MR) is 236 cm³/mol. The van der Waals surface area contributed by atoms with E-state index in [1.165, 1.54) is 83.5 Å². The average Bonchev–Trinajstić information content (AvgIpc) is 3.18. The minimum atomic E-state index is -0.798. The number of amides is 1. The van der Waals surface area contributed by atoms with Crippen LogP contribution in [0.25, 0.3) is 0 Å². The van der Waals surface area contributed by atoms with Gasteiger partial charge in [0.25, 0.3) is 0 Å². The number of unbranched alkanes of at least 4 members (excludes halogenated alkanes) is 21. The first-order chi connectivity index (χ1) is 27.0. The second kappa shape index (κ2) is 42.7. The van der Waals surface area contributed by atoms with Crippen LogP contribution < -0.4 is 5.32 Å². The molecular weight excluding hydrogens is 683 g/mol. The fourth-order valence-corrected chi connectivity index (χ4v) is 6.66. The predicted octanol–water partition coefficient (Wildman–Crippen LogP) is 13.3. The summed E-state index contributed by atoms with van der Waals surface area (Å²) >= 11 is 0. The van der Waals surface area contributed by atoms with E-state index in [-0.39, 0.29) is 24.9 Å². The standard InChI is InChI=1S/C49H87NO5/c1-4-7-10-13-16-19-21-23-25-26-29-32-35-38-41-47(52)46(44-51)50-48(53)43-45(40-37-34-31-28-18-15-12-9-6-3)55-49(54)42-39-36-33-30-27-24-22-20-17-14-11-8-5-2/h8,11,14-15,17-18,20,22,24,27,45-47,51-52H,4-7,9-10,12-13,16,19,21,23,25-26,28-44H2,1-3H3,(H,50,53)/b11-8+,17-14+,18-15-,22-20-,27-24-. The van der Waals surface area contributed by atoms with E-state index in [9.17, 15) is 19.8 Å². The Morgan fingerprint density at radius 2 is 1.02 bits per heavy atom. The molecule has 0 aliphatic heterocycles. The van der Waals surface area contributed by atoms with Gasteiger partial charge in [0.05, 0.1) is 25.2 Å². The van der Waals surface area contributed by atoms with Crippen molar-refractivity contribution >= 4 is 11.9 Å². The molecule has 0 spiro atoms. The highest BCUT2D eigenvalue weighted by Gasteiger charge is 2.24. The third kappa shape index (κ3) is 38.2. The van der Waals surface area contributed by atoms with E-state index in [0.29, 0.717) is 19.3 Å². The Morgan fingerprint density at radius 1 is 0.545 bits per heavy atom. The number of aliphatic hydroxyl groups excluding tert-OH is 2. The lowest BCUT2D eigenvalue weighted by atomic mass is 10.0. The lowest BCUT2D eigenvalue weighted by Gasteiger charge is -2.24. The number of carbonyl (C=O) groups is 2. The van der Waals surface area contributed by atoms with E-state index in [4.69, 9.17) is 4.74 Å². The SMILES string of the molecule is CC/C=C/C=C/C=C\C=C/CCCCCC(=O)OC(CCCCC/C=C\CCCC)CC(=O)NC(CO)C(O)CCCCCCCCCCCCCCCC. The fourth-order valence-electron chi connectivity index (χ4n) is 6.66. The molecule has 0 saturated carbocycles. The van der Waals surface area contributed by atoms with Crippen molar-refractivity contribution < 1.29 is 24.5 Å². The van der Waals surface area contributed by atoms with Gasteiger partial charge in [-0.3, -0.25) is 9.59 Å². The quantitative estimate of drug-likeness (QED) is 0.0250. The van der Waals surface area contributed by atoms with Gasteiger partial charge in [0.15, 0.2) is 0 Å². The molecule has 0 rings (SSSR count). The molecule has 0 radical (unpaired) electrons. The number of aliphatic hydroxyl groups is 2. The van der Waals surface area contributed by atoms with E-state index < -0.39 is 18.2 Å². The summed E-state index contributed by atoms with van der Waals surface area (Å²) in [7, 11) is 0. The molecule has 1 amide bonds. The largest absolute Gasteiger partial charge is 0.462 e. The molecule has 3 unspecified atom stereocenters. The van der Waals surface area contributed by atoms with Crippen molar-refractivity contribution in [2.45, 2.75) is 232 Å². The smallest absolute Gasteiger partial charge is 0.306 e. The van der Waals surface area contributed by atoms with Gasteiger partial charge in [-0.25, -0.2) is 0 Å². The van der Waals surface area contributed by atoms with Gasteiger partial charge in [0, 0.05) is 6.42 Å². The van der Waals surface area contributed by atoms with Crippen LogP contribution in [0, 0.1) is 0 Å². The second-order valence-electron chi connectivity index (χ2n) is 15.5. The molecule has 0 saturated heterocycles. The molecule has 6 nitrogen and oxygen atoms in total. The molecule has 0 bridgehead atoms. The van der Waals surface area contributed by atoms with Gasteiger partial charge < -0.3 is 20.3 Å². The van der Waals surface area contributed by atoms with Crippen LogP contribution in [0.1, 0.15) is 213 Å². The number of ether oxygens (including phenoxy) is 1. The normalized spacial score (nSPS) is 13.9. The number of esters is 1. The van der Waals surface area contributed by atoms with E-state index in [1.807, 2.05) is 30.4 Å². The van der Waals surface area contributed by atoms with E-state index in [2.05, 4.69) is 56.5 Å². The molecule has 0 aromatic carbocycles. The van der Waals surface area contributed by atoms with E-state index in [1.54, 1.807) is 0 Å². The van der Waals surface area contributed by atoms with Gasteiger partial charge in [-0.05, 0) is 64.2 Å². The minimum absolute atomic E-state index is 0.0487. The Morgan fingerprint density at radius 3 is 1.60 bits per heavy atom. The molecule has 0 aliphatic rings. The molecule has 6 heteroatoms. The Hall–Kier alpha value is -2.44. The van der Waals surface area contributed by atoms with Crippen molar-refractivity contribution in [2.24, 2.45) is 0 Å². The van der Waals surface area contributed by atoms with Crippen LogP contribution in [-0.2, 0) is 14.3 Å². The van der Waals surface area contributed by atoms with E-state index in [0.717, 1.165) is 83.5 Å². The third-order valence-electron chi connectivity index (χ3n) is 10.2. The Bertz CT molecular complexity index is 999. The van der Waals surface area contributed by atoms with Gasteiger partial charge in [0.2, 0.25) is 5.91 Å². The van der Waals surface area contributed by atoms with Crippen LogP contribution in [-0.4, -0.2) is 46.9 Å². The summed E-state index contributed by atoms with van der Waals surface area (Å²) in [5, 5.41) is 23.6. The van der Waals surface area contributed by atoms with Crippen LogP contribution in [0.4, 0.5) is 0 Å². The van der Waals surface area contributed by atoms with Gasteiger partial charge in [-0.15, -0.1) is 0 Å². The summed E-state index contributed by atoms with van der Waals surface area (Å²) < 4.78 is 5.86. The van der Waals surface area contributed by atoms with Crippen molar-refractivity contribution in [3.05, 3.63) is 60.8 Å².